The van der Waals surface area contributed by atoms with Crippen LogP contribution in [0.25, 0.3) is 0 Å². The molecule has 22 heavy (non-hydrogen) atoms. The fourth-order valence-corrected chi connectivity index (χ4v) is 2.41. The maximum atomic E-state index is 9.76. The van der Waals surface area contributed by atoms with E-state index in [1.807, 2.05) is 0 Å². The number of aliphatic hydroxyl groups excluding tert-OH is 7. The van der Waals surface area contributed by atoms with Gasteiger partial charge in [-0.05, 0) is 6.92 Å². The fourth-order valence-electron chi connectivity index (χ4n) is 2.41. The van der Waals surface area contributed by atoms with Crippen molar-refractivity contribution in [3.8, 4) is 0 Å². The molecule has 2 heterocycles. The van der Waals surface area contributed by atoms with Gasteiger partial charge in [0.05, 0.1) is 12.7 Å². The second-order valence-electron chi connectivity index (χ2n) is 5.55. The maximum absolute atomic E-state index is 9.76. The normalized spacial score (nSPS) is 53.5. The van der Waals surface area contributed by atoms with Crippen LogP contribution in [0, 0.1) is 0 Å². The molecule has 2 aliphatic rings. The van der Waals surface area contributed by atoms with Gasteiger partial charge in [0, 0.05) is 0 Å². The summed E-state index contributed by atoms with van der Waals surface area (Å²) in [6, 6.07) is 0. The molecule has 10 atom stereocenters. The molecule has 0 aromatic heterocycles. The quantitative estimate of drug-likeness (QED) is 0.269. The van der Waals surface area contributed by atoms with Crippen molar-refractivity contribution in [2.45, 2.75) is 68.3 Å². The second kappa shape index (κ2) is 7.01. The van der Waals surface area contributed by atoms with Gasteiger partial charge >= 0.3 is 0 Å². The Kier molecular flexibility index (Phi) is 5.72. The molecule has 0 aromatic rings. The van der Waals surface area contributed by atoms with Crippen molar-refractivity contribution >= 4 is 0 Å². The summed E-state index contributed by atoms with van der Waals surface area (Å²) in [6.45, 7) is 1.09. The summed E-state index contributed by atoms with van der Waals surface area (Å²) in [6.07, 6.45) is -14.0. The van der Waals surface area contributed by atoms with Crippen LogP contribution in [0.5, 0.6) is 0 Å². The summed E-state index contributed by atoms with van der Waals surface area (Å²) >= 11 is 0. The molecule has 10 nitrogen and oxygen atoms in total. The van der Waals surface area contributed by atoms with E-state index in [1.54, 1.807) is 0 Å². The van der Waals surface area contributed by atoms with E-state index in [2.05, 4.69) is 0 Å². The zero-order valence-corrected chi connectivity index (χ0v) is 11.8. The van der Waals surface area contributed by atoms with Crippen molar-refractivity contribution in [3.63, 3.8) is 0 Å². The molecule has 2 fully saturated rings. The van der Waals surface area contributed by atoms with Crippen LogP contribution in [0.2, 0.25) is 0 Å². The van der Waals surface area contributed by atoms with Crippen molar-refractivity contribution in [2.24, 2.45) is 0 Å². The molecule has 2 saturated heterocycles. The SMILES string of the molecule is C[C@H]1OC(OC[C@H]2O[C@@H](O)[C@H](O)[C@@H](O)[C@@H]2O)[C@@H](O)[C@@H](O)[C@@H]1O. The minimum Gasteiger partial charge on any atom is -0.388 e. The Hall–Kier alpha value is -0.400. The van der Waals surface area contributed by atoms with Crippen LogP contribution in [0.4, 0.5) is 0 Å². The zero-order valence-electron chi connectivity index (χ0n) is 11.8. The second-order valence-corrected chi connectivity index (χ2v) is 5.55. The van der Waals surface area contributed by atoms with Gasteiger partial charge in [-0.3, -0.25) is 0 Å². The minimum atomic E-state index is -1.70. The van der Waals surface area contributed by atoms with E-state index in [0.29, 0.717) is 0 Å². The van der Waals surface area contributed by atoms with Gasteiger partial charge < -0.3 is 50.0 Å². The third-order valence-corrected chi connectivity index (χ3v) is 3.92. The molecular formula is C12H22O10. The predicted octanol–water partition coefficient (Wildman–Crippen LogP) is -4.37. The molecule has 0 aliphatic carbocycles. The highest BCUT2D eigenvalue weighted by Gasteiger charge is 2.45. The Morgan fingerprint density at radius 3 is 1.95 bits per heavy atom. The number of hydrogen-bond acceptors (Lipinski definition) is 10. The predicted molar refractivity (Wildman–Crippen MR) is 67.2 cm³/mol. The molecule has 130 valence electrons. The lowest BCUT2D eigenvalue weighted by Crippen LogP contribution is -2.60. The van der Waals surface area contributed by atoms with Crippen molar-refractivity contribution in [2.75, 3.05) is 6.61 Å². The van der Waals surface area contributed by atoms with E-state index in [-0.39, 0.29) is 6.61 Å². The van der Waals surface area contributed by atoms with Crippen LogP contribution in [0.3, 0.4) is 0 Å². The summed E-state index contributed by atoms with van der Waals surface area (Å²) in [5.41, 5.74) is 0. The van der Waals surface area contributed by atoms with Crippen LogP contribution in [-0.4, -0.2) is 104 Å². The Bertz CT molecular complexity index is 334. The molecule has 0 radical (unpaired) electrons. The van der Waals surface area contributed by atoms with Crippen LogP contribution in [0.1, 0.15) is 6.92 Å². The zero-order chi connectivity index (χ0) is 16.6. The van der Waals surface area contributed by atoms with E-state index in [0.717, 1.165) is 0 Å². The lowest BCUT2D eigenvalue weighted by molar-refractivity contribution is -0.322. The Balaban J connectivity index is 1.92. The third kappa shape index (κ3) is 3.41. The van der Waals surface area contributed by atoms with Gasteiger partial charge in [-0.2, -0.15) is 0 Å². The molecule has 2 aliphatic heterocycles. The number of hydrogen-bond donors (Lipinski definition) is 7. The Morgan fingerprint density at radius 1 is 0.727 bits per heavy atom. The average molecular weight is 326 g/mol. The lowest BCUT2D eigenvalue weighted by Gasteiger charge is -2.41. The first-order valence-corrected chi connectivity index (χ1v) is 6.93. The minimum absolute atomic E-state index is 0.390. The monoisotopic (exact) mass is 326 g/mol. The van der Waals surface area contributed by atoms with E-state index < -0.39 is 61.4 Å². The topological polar surface area (TPSA) is 169 Å². The average Bonchev–Trinajstić information content (AvgIpc) is 2.49. The molecule has 0 spiro atoms. The molecule has 1 unspecified atom stereocenters. The molecule has 2 rings (SSSR count). The summed E-state index contributed by atoms with van der Waals surface area (Å²) < 4.78 is 15.3. The molecule has 10 heteroatoms. The molecule has 0 saturated carbocycles. The number of rotatable bonds is 3. The third-order valence-electron chi connectivity index (χ3n) is 3.92. The number of ether oxygens (including phenoxy) is 3. The summed E-state index contributed by atoms with van der Waals surface area (Å²) in [4.78, 5) is 0. The van der Waals surface area contributed by atoms with Crippen LogP contribution >= 0.6 is 0 Å². The highest BCUT2D eigenvalue weighted by molar-refractivity contribution is 4.90. The van der Waals surface area contributed by atoms with Gasteiger partial charge in [0.15, 0.2) is 12.6 Å². The van der Waals surface area contributed by atoms with Gasteiger partial charge in [0.1, 0.15) is 42.7 Å². The summed E-state index contributed by atoms with van der Waals surface area (Å²) in [7, 11) is 0. The Labute approximate surface area is 126 Å². The van der Waals surface area contributed by atoms with E-state index in [1.165, 1.54) is 6.92 Å². The van der Waals surface area contributed by atoms with E-state index in [4.69, 9.17) is 14.2 Å². The van der Waals surface area contributed by atoms with Gasteiger partial charge in [-0.15, -0.1) is 0 Å². The van der Waals surface area contributed by atoms with E-state index in [9.17, 15) is 35.7 Å². The van der Waals surface area contributed by atoms with Crippen molar-refractivity contribution in [3.05, 3.63) is 0 Å². The van der Waals surface area contributed by atoms with Crippen LogP contribution < -0.4 is 0 Å². The molecule has 7 N–H and O–H groups in total. The van der Waals surface area contributed by atoms with Crippen molar-refractivity contribution < 1.29 is 50.0 Å². The number of aliphatic hydroxyl groups is 7. The summed E-state index contributed by atoms with van der Waals surface area (Å²) in [5, 5.41) is 67.0. The highest BCUT2D eigenvalue weighted by atomic mass is 16.7. The first-order chi connectivity index (χ1) is 10.2. The Morgan fingerprint density at radius 2 is 1.32 bits per heavy atom. The van der Waals surface area contributed by atoms with Crippen molar-refractivity contribution in [1.82, 2.24) is 0 Å². The first-order valence-electron chi connectivity index (χ1n) is 6.93. The largest absolute Gasteiger partial charge is 0.388 e. The van der Waals surface area contributed by atoms with E-state index >= 15 is 0 Å². The molecule has 0 bridgehead atoms. The smallest absolute Gasteiger partial charge is 0.186 e. The van der Waals surface area contributed by atoms with Gasteiger partial charge in [0.25, 0.3) is 0 Å². The van der Waals surface area contributed by atoms with Gasteiger partial charge in [0.2, 0.25) is 0 Å². The molecule has 0 aromatic carbocycles. The molecular weight excluding hydrogens is 304 g/mol. The van der Waals surface area contributed by atoms with Crippen LogP contribution in [0.15, 0.2) is 0 Å². The van der Waals surface area contributed by atoms with Gasteiger partial charge in [-0.1, -0.05) is 0 Å². The van der Waals surface area contributed by atoms with Gasteiger partial charge in [-0.25, -0.2) is 0 Å². The molecule has 0 amide bonds. The first kappa shape index (κ1) is 17.9. The maximum Gasteiger partial charge on any atom is 0.186 e. The highest BCUT2D eigenvalue weighted by Crippen LogP contribution is 2.24. The van der Waals surface area contributed by atoms with Crippen molar-refractivity contribution in [1.29, 1.82) is 0 Å². The standard InChI is InChI=1S/C12H22O10/c1-3-5(13)7(15)10(18)12(21-3)20-2-4-6(14)8(16)9(17)11(19)22-4/h3-19H,2H2,1H3/t3-,4-,5-,6-,7+,8+,9-,10+,11-,12?/m1/s1. The fraction of sp³-hybridized carbons (Fsp3) is 1.00. The lowest BCUT2D eigenvalue weighted by atomic mass is 9.99. The summed E-state index contributed by atoms with van der Waals surface area (Å²) in [5.74, 6) is 0. The van der Waals surface area contributed by atoms with Crippen LogP contribution in [-0.2, 0) is 14.2 Å².